The Balaban J connectivity index is 0.00000103. The molecule has 3 rings (SSSR count). The molecule has 1 aliphatic heterocycles. The van der Waals surface area contributed by atoms with Crippen LogP contribution in [0.5, 0.6) is 0 Å². The zero-order valence-corrected chi connectivity index (χ0v) is 27.4. The Morgan fingerprint density at radius 2 is 1.20 bits per heavy atom. The van der Waals surface area contributed by atoms with E-state index in [4.69, 9.17) is 0 Å². The molecule has 0 fully saturated rings. The Morgan fingerprint density at radius 3 is 1.82 bits per heavy atom. The summed E-state index contributed by atoms with van der Waals surface area (Å²) < 4.78 is 1.47. The summed E-state index contributed by atoms with van der Waals surface area (Å²) >= 11 is 1.82. The second kappa shape index (κ2) is 20.0. The van der Waals surface area contributed by atoms with Gasteiger partial charge in [-0.3, -0.25) is 0 Å². The van der Waals surface area contributed by atoms with Crippen LogP contribution in [0.1, 0.15) is 134 Å². The van der Waals surface area contributed by atoms with Crippen molar-refractivity contribution in [1.29, 1.82) is 0 Å². The number of rotatable bonds is 17. The van der Waals surface area contributed by atoms with Gasteiger partial charge in [-0.2, -0.15) is 0 Å². The maximum absolute atomic E-state index is 11.5. The van der Waals surface area contributed by atoms with E-state index in [0.29, 0.717) is 0 Å². The van der Waals surface area contributed by atoms with Crippen LogP contribution >= 0.6 is 0 Å². The van der Waals surface area contributed by atoms with Crippen LogP contribution in [0.2, 0.25) is 10.8 Å². The predicted octanol–water partition coefficient (Wildman–Crippen LogP) is 12.3. The van der Waals surface area contributed by atoms with E-state index >= 15 is 0 Å². The molecule has 1 aliphatic rings. The van der Waals surface area contributed by atoms with Crippen LogP contribution in [0.25, 0.3) is 16.9 Å². The number of hydrogen-bond donors (Lipinski definition) is 0. The van der Waals surface area contributed by atoms with E-state index in [9.17, 15) is 5.53 Å². The molecule has 0 amide bonds. The number of allylic oxidation sites excluding steroid dienone is 2. The summed E-state index contributed by atoms with van der Waals surface area (Å²) in [7, 11) is 0. The van der Waals surface area contributed by atoms with Gasteiger partial charge in [0, 0.05) is 22.3 Å². The first-order chi connectivity index (χ1) is 19.5. The van der Waals surface area contributed by atoms with Crippen molar-refractivity contribution in [2.75, 3.05) is 0 Å². The van der Waals surface area contributed by atoms with Gasteiger partial charge in [-0.25, -0.2) is 4.70 Å². The van der Waals surface area contributed by atoms with Crippen LogP contribution in [0, 0.1) is 0 Å². The van der Waals surface area contributed by atoms with Crippen LogP contribution in [-0.2, 0) is 27.3 Å². The van der Waals surface area contributed by atoms with E-state index in [1.165, 1.54) is 89.1 Å². The molecule has 0 atom stereocenters. The summed E-state index contributed by atoms with van der Waals surface area (Å²) in [5.74, 6) is 0. The second-order valence-corrected chi connectivity index (χ2v) is 12.7. The average Bonchev–Trinajstić information content (AvgIpc) is 3.22. The van der Waals surface area contributed by atoms with Gasteiger partial charge in [0.2, 0.25) is 11.4 Å². The minimum absolute atomic E-state index is 0.945. The van der Waals surface area contributed by atoms with Gasteiger partial charge in [0.25, 0.3) is 0 Å². The van der Waals surface area contributed by atoms with Crippen LogP contribution < -0.4 is 0 Å². The molecule has 0 radical (unpaired) electrons. The number of benzene rings is 2. The molecule has 2 aromatic rings. The number of hydrogen-bond acceptors (Lipinski definition) is 0. The van der Waals surface area contributed by atoms with Gasteiger partial charge in [0.1, 0.15) is 0 Å². The Kier molecular flexibility index (Phi) is 17.1. The maximum atomic E-state index is 11.5. The Morgan fingerprint density at radius 1 is 0.600 bits per heavy atom. The predicted molar refractivity (Wildman–Crippen MR) is 172 cm³/mol. The van der Waals surface area contributed by atoms with Gasteiger partial charge in [0.05, 0.1) is 0 Å². The summed E-state index contributed by atoms with van der Waals surface area (Å²) in [6, 6.07) is 17.7. The molecule has 0 aromatic heterocycles. The van der Waals surface area contributed by atoms with Crippen molar-refractivity contribution in [3.63, 3.8) is 0 Å². The third kappa shape index (κ3) is 10.8. The summed E-state index contributed by atoms with van der Waals surface area (Å²) in [5, 5.41) is 2.56. The fourth-order valence-corrected chi connectivity index (χ4v) is 5.86. The zero-order valence-electron chi connectivity index (χ0n) is 26.4. The second-order valence-electron chi connectivity index (χ2n) is 10.8. The van der Waals surface area contributed by atoms with Gasteiger partial charge in [-0.1, -0.05) is 90.0 Å². The Bertz CT molecular complexity index is 1080. The zero-order chi connectivity index (χ0) is 29.2. The van der Waals surface area contributed by atoms with Crippen molar-refractivity contribution < 1.29 is 19.1 Å². The van der Waals surface area contributed by atoms with E-state index in [1.54, 1.807) is 0 Å². The third-order valence-electron chi connectivity index (χ3n) is 7.68. The van der Waals surface area contributed by atoms with E-state index in [-0.39, 0.29) is 0 Å². The van der Waals surface area contributed by atoms with Crippen LogP contribution in [0.4, 0.5) is 0 Å². The first-order valence-corrected chi connectivity index (χ1v) is 17.5. The molecule has 2 nitrogen and oxygen atoms in total. The van der Waals surface area contributed by atoms with Gasteiger partial charge >= 0.3 is 39.1 Å². The van der Waals surface area contributed by atoms with E-state index in [0.717, 1.165) is 54.6 Å². The van der Waals surface area contributed by atoms with Crippen molar-refractivity contribution in [2.24, 2.45) is 0 Å². The average molecular weight is 588 g/mol. The minimum atomic E-state index is 0.945. The molecule has 224 valence electrons. The van der Waals surface area contributed by atoms with Crippen LogP contribution in [-0.4, -0.2) is 4.70 Å². The van der Waals surface area contributed by atoms with Gasteiger partial charge in [0.15, 0.2) is 0 Å². The monoisotopic (exact) mass is 586 g/mol. The van der Waals surface area contributed by atoms with Crippen molar-refractivity contribution in [2.45, 2.75) is 136 Å². The fraction of sp³-hybridized carbons (Fsp3) is 0.568. The van der Waals surface area contributed by atoms with Crippen molar-refractivity contribution >= 4 is 11.4 Å². The molecule has 0 unspecified atom stereocenters. The molecule has 3 heteroatoms. The fourth-order valence-electron chi connectivity index (χ4n) is 5.37. The van der Waals surface area contributed by atoms with Crippen molar-refractivity contribution in [3.8, 4) is 0 Å². The summed E-state index contributed by atoms with van der Waals surface area (Å²) in [5.41, 5.74) is 20.9. The van der Waals surface area contributed by atoms with Crippen LogP contribution in [0.15, 0.2) is 59.7 Å². The number of unbranched alkanes of at least 4 members (excludes halogenated alkanes) is 7. The summed E-state index contributed by atoms with van der Waals surface area (Å²) in [6.07, 6.45) is 15.9. The Hall–Kier alpha value is -1.99. The van der Waals surface area contributed by atoms with E-state index < -0.39 is 0 Å². The normalized spacial score (nSPS) is 13.3. The molecule has 0 N–H and O–H groups in total. The third-order valence-corrected chi connectivity index (χ3v) is 8.67. The molecular formula is C37H56N2Ni. The summed E-state index contributed by atoms with van der Waals surface area (Å²) in [6.45, 7) is 13.3. The molecule has 0 aliphatic carbocycles. The van der Waals surface area contributed by atoms with Gasteiger partial charge in [-0.05, 0) is 80.8 Å². The van der Waals surface area contributed by atoms with Crippen molar-refractivity contribution in [1.82, 2.24) is 0 Å². The topological polar surface area (TPSA) is 25.3 Å². The standard InChI is InChI=1S/C33H46N2.2C2H5.Ni/c1-5-8-11-12-13-14-17-27-21-23-29(24-22-27)33-31(20-10-7-3)26(4)32(35(33)34)30-19-15-18-28(25-30)16-9-6-2;2*1-2;/h15,18-19,21-25H,5-14,16-17,20H2,1-4H3;2*1H2,2H3;. The molecular weight excluding hydrogens is 531 g/mol. The van der Waals surface area contributed by atoms with Crippen molar-refractivity contribution in [3.05, 3.63) is 87.5 Å². The van der Waals surface area contributed by atoms with E-state index in [2.05, 4.69) is 90.1 Å². The molecule has 0 spiro atoms. The first kappa shape index (κ1) is 34.2. The molecule has 1 heterocycles. The SMILES string of the molecule is CCCCCCCCc1ccc(C2=C(CCCC)C(C)=C(c3cccc(CCCC)c3)[N+]2=[N-])cc1.C[CH2][Ni][CH2]C. The molecule has 0 saturated carbocycles. The number of aryl methyl sites for hydroxylation is 2. The summed E-state index contributed by atoms with van der Waals surface area (Å²) in [4.78, 5) is 0. The Labute approximate surface area is 253 Å². The molecule has 0 bridgehead atoms. The van der Waals surface area contributed by atoms with Gasteiger partial charge < -0.3 is 5.53 Å². The first-order valence-electron chi connectivity index (χ1n) is 16.1. The molecule has 40 heavy (non-hydrogen) atoms. The van der Waals surface area contributed by atoms with Gasteiger partial charge in [-0.15, -0.1) is 0 Å². The number of nitrogens with zero attached hydrogens (tertiary/aromatic N) is 2. The molecule has 0 saturated heterocycles. The van der Waals surface area contributed by atoms with Crippen LogP contribution in [0.3, 0.4) is 0 Å². The quantitative estimate of drug-likeness (QED) is 0.1000. The molecule has 2 aromatic carbocycles. The van der Waals surface area contributed by atoms with E-state index in [1.807, 2.05) is 14.4 Å².